The lowest BCUT2D eigenvalue weighted by atomic mass is 10.1. The van der Waals surface area contributed by atoms with E-state index >= 15 is 0 Å². The molecule has 5 N–H and O–H groups in total. The summed E-state index contributed by atoms with van der Waals surface area (Å²) in [6.07, 6.45) is 0. The molecule has 0 aliphatic rings. The van der Waals surface area contributed by atoms with Gasteiger partial charge in [-0.05, 0) is 35.9 Å². The number of primary amides is 1. The van der Waals surface area contributed by atoms with Gasteiger partial charge in [0.15, 0.2) is 0 Å². The smallest absolute Gasteiger partial charge is 0.250 e. The van der Waals surface area contributed by atoms with Crippen LogP contribution in [0.5, 0.6) is 5.75 Å². The van der Waals surface area contributed by atoms with Crippen molar-refractivity contribution in [2.45, 2.75) is 6.54 Å². The molecule has 104 valence electrons. The number of amides is 1. The molecule has 0 fully saturated rings. The van der Waals surface area contributed by atoms with Crippen LogP contribution < -0.4 is 21.5 Å². The van der Waals surface area contributed by atoms with Crippen LogP contribution in [0.2, 0.25) is 0 Å². The van der Waals surface area contributed by atoms with Gasteiger partial charge in [-0.2, -0.15) is 0 Å². The highest BCUT2D eigenvalue weighted by atomic mass is 16.5. The number of hydrogen-bond donors (Lipinski definition) is 3. The second-order valence-corrected chi connectivity index (χ2v) is 4.37. The second kappa shape index (κ2) is 5.97. The molecule has 20 heavy (non-hydrogen) atoms. The van der Waals surface area contributed by atoms with Gasteiger partial charge in [-0.25, -0.2) is 0 Å². The van der Waals surface area contributed by atoms with E-state index in [0.29, 0.717) is 23.5 Å². The quantitative estimate of drug-likeness (QED) is 0.725. The van der Waals surface area contributed by atoms with Gasteiger partial charge in [0.25, 0.3) is 5.91 Å². The number of hydrogen-bond acceptors (Lipinski definition) is 4. The first-order chi connectivity index (χ1) is 9.60. The molecule has 1 amide bonds. The Labute approximate surface area is 117 Å². The fourth-order valence-corrected chi connectivity index (χ4v) is 1.86. The van der Waals surface area contributed by atoms with E-state index in [1.165, 1.54) is 0 Å². The fraction of sp³-hybridized carbons (Fsp3) is 0.133. The van der Waals surface area contributed by atoms with E-state index in [1.807, 2.05) is 24.3 Å². The van der Waals surface area contributed by atoms with E-state index in [9.17, 15) is 4.79 Å². The van der Waals surface area contributed by atoms with Crippen molar-refractivity contribution < 1.29 is 9.53 Å². The molecule has 0 saturated heterocycles. The van der Waals surface area contributed by atoms with E-state index in [1.54, 1.807) is 25.3 Å². The second-order valence-electron chi connectivity index (χ2n) is 4.37. The van der Waals surface area contributed by atoms with E-state index in [2.05, 4.69) is 5.32 Å². The first kappa shape index (κ1) is 13.7. The van der Waals surface area contributed by atoms with Crippen molar-refractivity contribution in [3.63, 3.8) is 0 Å². The number of benzene rings is 2. The van der Waals surface area contributed by atoms with Gasteiger partial charge in [0.1, 0.15) is 5.75 Å². The summed E-state index contributed by atoms with van der Waals surface area (Å²) >= 11 is 0. The zero-order chi connectivity index (χ0) is 14.5. The number of nitrogens with two attached hydrogens (primary N) is 2. The Bertz CT molecular complexity index is 609. The minimum Gasteiger partial charge on any atom is -0.497 e. The lowest BCUT2D eigenvalue weighted by Gasteiger charge is -2.11. The van der Waals surface area contributed by atoms with Crippen molar-refractivity contribution in [1.29, 1.82) is 0 Å². The van der Waals surface area contributed by atoms with Crippen LogP contribution in [-0.4, -0.2) is 13.0 Å². The third-order valence-corrected chi connectivity index (χ3v) is 2.95. The van der Waals surface area contributed by atoms with Crippen LogP contribution in [0.3, 0.4) is 0 Å². The lowest BCUT2D eigenvalue weighted by Crippen LogP contribution is -2.14. The lowest BCUT2D eigenvalue weighted by molar-refractivity contribution is 0.100. The van der Waals surface area contributed by atoms with Crippen LogP contribution >= 0.6 is 0 Å². The molecular weight excluding hydrogens is 254 g/mol. The maximum Gasteiger partial charge on any atom is 0.250 e. The third-order valence-electron chi connectivity index (χ3n) is 2.95. The van der Waals surface area contributed by atoms with Gasteiger partial charge in [0, 0.05) is 17.9 Å². The van der Waals surface area contributed by atoms with E-state index < -0.39 is 5.91 Å². The topological polar surface area (TPSA) is 90.4 Å². The van der Waals surface area contributed by atoms with Gasteiger partial charge in [0.2, 0.25) is 0 Å². The third kappa shape index (κ3) is 3.20. The van der Waals surface area contributed by atoms with Crippen LogP contribution in [0.25, 0.3) is 0 Å². The predicted molar refractivity (Wildman–Crippen MR) is 79.7 cm³/mol. The van der Waals surface area contributed by atoms with E-state index in [0.717, 1.165) is 11.3 Å². The Morgan fingerprint density at radius 2 is 1.90 bits per heavy atom. The largest absolute Gasteiger partial charge is 0.497 e. The molecule has 2 rings (SSSR count). The standard InChI is InChI=1S/C15H17N3O2/c1-20-12-5-2-10(3-6-12)9-18-14-8-11(16)4-7-13(14)15(17)19/h2-8,18H,9,16H2,1H3,(H2,17,19). The highest BCUT2D eigenvalue weighted by molar-refractivity contribution is 5.99. The molecule has 2 aromatic rings. The van der Waals surface area contributed by atoms with Crippen molar-refractivity contribution in [1.82, 2.24) is 0 Å². The van der Waals surface area contributed by atoms with Crippen molar-refractivity contribution in [2.75, 3.05) is 18.2 Å². The summed E-state index contributed by atoms with van der Waals surface area (Å²) in [5.41, 5.74) is 13.8. The zero-order valence-electron chi connectivity index (χ0n) is 11.2. The first-order valence-corrected chi connectivity index (χ1v) is 6.16. The SMILES string of the molecule is COc1ccc(CNc2cc(N)ccc2C(N)=O)cc1. The van der Waals surface area contributed by atoms with Gasteiger partial charge in [0.05, 0.1) is 12.7 Å². The number of methoxy groups -OCH3 is 1. The fourth-order valence-electron chi connectivity index (χ4n) is 1.86. The number of anilines is 2. The minimum atomic E-state index is -0.484. The van der Waals surface area contributed by atoms with Gasteiger partial charge < -0.3 is 21.5 Å². The van der Waals surface area contributed by atoms with Crippen molar-refractivity contribution in [3.05, 3.63) is 53.6 Å². The molecule has 0 atom stereocenters. The van der Waals surface area contributed by atoms with Crippen molar-refractivity contribution in [2.24, 2.45) is 5.73 Å². The Hall–Kier alpha value is -2.69. The molecule has 0 radical (unpaired) electrons. The molecule has 0 aromatic heterocycles. The molecular formula is C15H17N3O2. The zero-order valence-corrected chi connectivity index (χ0v) is 11.2. The molecule has 2 aromatic carbocycles. The van der Waals surface area contributed by atoms with Gasteiger partial charge in [-0.3, -0.25) is 4.79 Å². The highest BCUT2D eigenvalue weighted by Crippen LogP contribution is 2.20. The average Bonchev–Trinajstić information content (AvgIpc) is 2.45. The van der Waals surface area contributed by atoms with Crippen molar-refractivity contribution in [3.8, 4) is 5.75 Å². The Morgan fingerprint density at radius 1 is 1.20 bits per heavy atom. The number of rotatable bonds is 5. The monoisotopic (exact) mass is 271 g/mol. The first-order valence-electron chi connectivity index (χ1n) is 6.16. The number of nitrogen functional groups attached to an aromatic ring is 1. The van der Waals surface area contributed by atoms with Crippen LogP contribution in [-0.2, 0) is 6.54 Å². The van der Waals surface area contributed by atoms with E-state index in [-0.39, 0.29) is 0 Å². The van der Waals surface area contributed by atoms with Crippen LogP contribution in [0.1, 0.15) is 15.9 Å². The maximum atomic E-state index is 11.4. The predicted octanol–water partition coefficient (Wildman–Crippen LogP) is 1.99. The molecule has 5 nitrogen and oxygen atoms in total. The summed E-state index contributed by atoms with van der Waals surface area (Å²) in [4.78, 5) is 11.4. The number of carbonyl (C=O) groups excluding carboxylic acids is 1. The Morgan fingerprint density at radius 3 is 2.50 bits per heavy atom. The minimum absolute atomic E-state index is 0.424. The van der Waals surface area contributed by atoms with Gasteiger partial charge in [-0.1, -0.05) is 12.1 Å². The van der Waals surface area contributed by atoms with Crippen LogP contribution in [0.15, 0.2) is 42.5 Å². The molecule has 0 saturated carbocycles. The van der Waals surface area contributed by atoms with Gasteiger partial charge in [-0.15, -0.1) is 0 Å². The number of carbonyl (C=O) groups is 1. The molecule has 0 aliphatic carbocycles. The summed E-state index contributed by atoms with van der Waals surface area (Å²) in [5.74, 6) is 0.317. The molecule has 5 heteroatoms. The Kier molecular flexibility index (Phi) is 4.10. The molecule has 0 unspecified atom stereocenters. The summed E-state index contributed by atoms with van der Waals surface area (Å²) in [5, 5.41) is 3.17. The Balaban J connectivity index is 2.13. The van der Waals surface area contributed by atoms with Gasteiger partial charge >= 0.3 is 0 Å². The number of nitrogens with one attached hydrogen (secondary N) is 1. The normalized spacial score (nSPS) is 10.1. The van der Waals surface area contributed by atoms with Crippen LogP contribution in [0, 0.1) is 0 Å². The summed E-state index contributed by atoms with van der Waals surface area (Å²) in [6, 6.07) is 12.6. The van der Waals surface area contributed by atoms with Crippen molar-refractivity contribution >= 4 is 17.3 Å². The average molecular weight is 271 g/mol. The molecule has 0 bridgehead atoms. The summed E-state index contributed by atoms with van der Waals surface area (Å²) < 4.78 is 5.10. The highest BCUT2D eigenvalue weighted by Gasteiger charge is 2.08. The summed E-state index contributed by atoms with van der Waals surface area (Å²) in [6.45, 7) is 0.563. The van der Waals surface area contributed by atoms with E-state index in [4.69, 9.17) is 16.2 Å². The molecule has 0 aliphatic heterocycles. The number of ether oxygens (including phenoxy) is 1. The van der Waals surface area contributed by atoms with Crippen LogP contribution in [0.4, 0.5) is 11.4 Å². The maximum absolute atomic E-state index is 11.4. The molecule has 0 spiro atoms. The summed E-state index contributed by atoms with van der Waals surface area (Å²) in [7, 11) is 1.62. The molecule has 0 heterocycles.